The molecule has 0 amide bonds. The van der Waals surface area contributed by atoms with Crippen molar-refractivity contribution in [1.29, 1.82) is 0 Å². The second kappa shape index (κ2) is 5.07. The molecule has 0 saturated heterocycles. The Balaban J connectivity index is 2.93. The zero-order valence-corrected chi connectivity index (χ0v) is 9.49. The number of rotatable bonds is 0. The van der Waals surface area contributed by atoms with Gasteiger partial charge in [0.2, 0.25) is 0 Å². The lowest BCUT2D eigenvalue weighted by Crippen LogP contribution is -1.93. The maximum Gasteiger partial charge on any atom is 0.0316 e. The Kier molecular flexibility index (Phi) is 4.02. The van der Waals surface area contributed by atoms with Crippen LogP contribution in [0.5, 0.6) is 0 Å². The molecule has 0 bridgehead atoms. The minimum Gasteiger partial charge on any atom is -0.399 e. The van der Waals surface area contributed by atoms with Crippen LogP contribution in [0.15, 0.2) is 57.9 Å². The van der Waals surface area contributed by atoms with Crippen molar-refractivity contribution in [3.63, 3.8) is 0 Å². The van der Waals surface area contributed by atoms with E-state index in [-0.39, 0.29) is 0 Å². The highest BCUT2D eigenvalue weighted by atomic mass is 127. The Bertz CT molecular complexity index is 289. The third-order valence-corrected chi connectivity index (χ3v) is 2.21. The van der Waals surface area contributed by atoms with Gasteiger partial charge >= 0.3 is 0 Å². The van der Waals surface area contributed by atoms with E-state index >= 15 is 0 Å². The van der Waals surface area contributed by atoms with Gasteiger partial charge < -0.3 is 5.73 Å². The molecule has 0 atom stereocenters. The maximum atomic E-state index is 5.72. The van der Waals surface area contributed by atoms with Gasteiger partial charge in [-0.25, -0.2) is 0 Å². The van der Waals surface area contributed by atoms with Gasteiger partial charge in [0.15, 0.2) is 0 Å². The van der Waals surface area contributed by atoms with Crippen molar-refractivity contribution in [3.8, 4) is 0 Å². The van der Waals surface area contributed by atoms with E-state index in [9.17, 15) is 0 Å². The van der Waals surface area contributed by atoms with Crippen LogP contribution in [0.25, 0.3) is 0 Å². The summed E-state index contributed by atoms with van der Waals surface area (Å²) in [6.07, 6.45) is 12.9. The number of halogens is 1. The van der Waals surface area contributed by atoms with Gasteiger partial charge in [0.05, 0.1) is 0 Å². The fourth-order valence-corrected chi connectivity index (χ4v) is 1.65. The zero-order chi connectivity index (χ0) is 9.68. The summed E-state index contributed by atoms with van der Waals surface area (Å²) in [6.45, 7) is 3.88. The largest absolute Gasteiger partial charge is 0.399 e. The smallest absolute Gasteiger partial charge is 0.0316 e. The third kappa shape index (κ3) is 4.12. The molecule has 0 heterocycles. The highest BCUT2D eigenvalue weighted by molar-refractivity contribution is 14.1. The van der Waals surface area contributed by atoms with Crippen LogP contribution >= 0.6 is 22.6 Å². The first kappa shape index (κ1) is 10.3. The Morgan fingerprint density at radius 3 is 2.69 bits per heavy atom. The molecule has 0 saturated carbocycles. The van der Waals surface area contributed by atoms with Gasteiger partial charge in [-0.15, -0.1) is 0 Å². The molecule has 1 nitrogen and oxygen atoms in total. The fraction of sp³-hybridized carbons (Fsp3) is 0.0909. The third-order valence-electron chi connectivity index (χ3n) is 1.53. The lowest BCUT2D eigenvalue weighted by atomic mass is 10.2. The van der Waals surface area contributed by atoms with Crippen LogP contribution in [0.4, 0.5) is 0 Å². The Morgan fingerprint density at radius 1 is 1.23 bits per heavy atom. The molecule has 2 N–H and O–H groups in total. The van der Waals surface area contributed by atoms with Crippen LogP contribution in [-0.4, -0.2) is 0 Å². The quantitative estimate of drug-likeness (QED) is 0.679. The second-order valence-electron chi connectivity index (χ2n) is 2.79. The van der Waals surface area contributed by atoms with Crippen LogP contribution < -0.4 is 5.73 Å². The number of hydrogen-bond acceptors (Lipinski definition) is 1. The summed E-state index contributed by atoms with van der Waals surface area (Å²) in [4.78, 5) is 0. The second-order valence-corrected chi connectivity index (χ2v) is 4.03. The molecule has 0 aromatic rings. The molecule has 0 unspecified atom stereocenters. The molecule has 0 fully saturated rings. The summed E-state index contributed by atoms with van der Waals surface area (Å²) in [5, 5.41) is 0. The number of hydrogen-bond donors (Lipinski definition) is 1. The minimum absolute atomic E-state index is 0.751. The first-order valence-electron chi connectivity index (χ1n) is 4.05. The van der Waals surface area contributed by atoms with Gasteiger partial charge in [-0.3, -0.25) is 0 Å². The van der Waals surface area contributed by atoms with E-state index in [1.165, 1.54) is 3.58 Å². The molecular weight excluding hydrogens is 273 g/mol. The van der Waals surface area contributed by atoms with Crippen molar-refractivity contribution in [2.75, 3.05) is 0 Å². The molecule has 0 aliphatic heterocycles. The monoisotopic (exact) mass is 285 g/mol. The standard InChI is InChI=1S/C11H12IN/c1-9-7-10(12)5-3-2-4-6-11(13)8-9/h3-8H,1-2,13H2/b5-3-,6-4-,10-7?,11-8+. The SMILES string of the molecule is C=C1C=C(I)/C=C\C/C=C\C(N)=C/1. The van der Waals surface area contributed by atoms with Gasteiger partial charge in [0, 0.05) is 9.28 Å². The summed E-state index contributed by atoms with van der Waals surface area (Å²) in [5.41, 5.74) is 7.40. The molecular formula is C11H12IN. The van der Waals surface area contributed by atoms with Crippen LogP contribution in [0.1, 0.15) is 6.42 Å². The Hall–Kier alpha value is -0.770. The summed E-state index contributed by atoms with van der Waals surface area (Å²) < 4.78 is 1.17. The topological polar surface area (TPSA) is 26.0 Å². The summed E-state index contributed by atoms with van der Waals surface area (Å²) in [5.74, 6) is 0. The average molecular weight is 285 g/mol. The lowest BCUT2D eigenvalue weighted by Gasteiger charge is -1.97. The van der Waals surface area contributed by atoms with Crippen molar-refractivity contribution in [3.05, 3.63) is 57.9 Å². The highest BCUT2D eigenvalue weighted by Crippen LogP contribution is 2.13. The summed E-state index contributed by atoms with van der Waals surface area (Å²) in [6, 6.07) is 0. The van der Waals surface area contributed by atoms with Crippen molar-refractivity contribution >= 4 is 22.6 Å². The molecule has 2 heteroatoms. The van der Waals surface area contributed by atoms with Crippen molar-refractivity contribution in [2.45, 2.75) is 6.42 Å². The van der Waals surface area contributed by atoms with E-state index in [2.05, 4.69) is 41.3 Å². The molecule has 1 aliphatic rings. The first-order valence-corrected chi connectivity index (χ1v) is 5.13. The van der Waals surface area contributed by atoms with Gasteiger partial charge in [0.25, 0.3) is 0 Å². The van der Waals surface area contributed by atoms with E-state index in [0.29, 0.717) is 0 Å². The van der Waals surface area contributed by atoms with Gasteiger partial charge in [-0.1, -0.05) is 24.8 Å². The molecule has 0 radical (unpaired) electrons. The lowest BCUT2D eigenvalue weighted by molar-refractivity contribution is 1.33. The first-order chi connectivity index (χ1) is 6.18. The van der Waals surface area contributed by atoms with Gasteiger partial charge in [-0.05, 0) is 52.8 Å². The van der Waals surface area contributed by atoms with Gasteiger partial charge in [-0.2, -0.15) is 0 Å². The molecule has 0 aromatic heterocycles. The van der Waals surface area contributed by atoms with E-state index < -0.39 is 0 Å². The van der Waals surface area contributed by atoms with Crippen molar-refractivity contribution in [2.24, 2.45) is 5.73 Å². The summed E-state index contributed by atoms with van der Waals surface area (Å²) in [7, 11) is 0. The predicted molar refractivity (Wildman–Crippen MR) is 66.4 cm³/mol. The fourth-order valence-electron chi connectivity index (χ4n) is 0.992. The molecule has 68 valence electrons. The molecule has 0 aromatic carbocycles. The molecule has 1 aliphatic carbocycles. The predicted octanol–water partition coefficient (Wildman–Crippen LogP) is 3.22. The zero-order valence-electron chi connectivity index (χ0n) is 7.33. The molecule has 1 rings (SSSR count). The minimum atomic E-state index is 0.751. The normalized spacial score (nSPS) is 27.0. The molecule has 0 spiro atoms. The van der Waals surface area contributed by atoms with Crippen LogP contribution in [0.2, 0.25) is 0 Å². The van der Waals surface area contributed by atoms with E-state index in [1.54, 1.807) is 0 Å². The van der Waals surface area contributed by atoms with Crippen molar-refractivity contribution in [1.82, 2.24) is 0 Å². The van der Waals surface area contributed by atoms with E-state index in [1.807, 2.05) is 24.3 Å². The van der Waals surface area contributed by atoms with Gasteiger partial charge in [0.1, 0.15) is 0 Å². The van der Waals surface area contributed by atoms with Crippen LogP contribution in [-0.2, 0) is 0 Å². The maximum absolute atomic E-state index is 5.72. The Labute approximate surface area is 92.5 Å². The number of nitrogens with two attached hydrogens (primary N) is 1. The Morgan fingerprint density at radius 2 is 1.92 bits per heavy atom. The van der Waals surface area contributed by atoms with Crippen molar-refractivity contribution < 1.29 is 0 Å². The number of allylic oxidation sites excluding steroid dienone is 8. The molecule has 13 heavy (non-hydrogen) atoms. The van der Waals surface area contributed by atoms with Crippen LogP contribution in [0, 0.1) is 0 Å². The van der Waals surface area contributed by atoms with E-state index in [0.717, 1.165) is 17.7 Å². The highest BCUT2D eigenvalue weighted by Gasteiger charge is 1.90. The average Bonchev–Trinajstić information content (AvgIpc) is 2.02. The van der Waals surface area contributed by atoms with E-state index in [4.69, 9.17) is 5.73 Å². The van der Waals surface area contributed by atoms with Crippen LogP contribution in [0.3, 0.4) is 0 Å². The summed E-state index contributed by atoms with van der Waals surface area (Å²) >= 11 is 2.27.